The Balaban J connectivity index is 2.25. The summed E-state index contributed by atoms with van der Waals surface area (Å²) in [6, 6.07) is 5.30. The van der Waals surface area contributed by atoms with Gasteiger partial charge in [0.1, 0.15) is 0 Å². The molecular formula is C12H15Cl2NO. The van der Waals surface area contributed by atoms with Crippen molar-refractivity contribution in [1.82, 2.24) is 0 Å². The predicted molar refractivity (Wildman–Crippen MR) is 66.9 cm³/mol. The maximum absolute atomic E-state index is 6.24. The van der Waals surface area contributed by atoms with Crippen LogP contribution in [0.25, 0.3) is 0 Å². The third-order valence-electron chi connectivity index (χ3n) is 3.21. The first-order valence-corrected chi connectivity index (χ1v) is 6.17. The second-order valence-electron chi connectivity index (χ2n) is 4.22. The summed E-state index contributed by atoms with van der Waals surface area (Å²) in [4.78, 5) is 0. The van der Waals surface area contributed by atoms with Crippen LogP contribution in [0.5, 0.6) is 0 Å². The molecule has 0 aliphatic carbocycles. The van der Waals surface area contributed by atoms with Crippen molar-refractivity contribution >= 4 is 23.2 Å². The second-order valence-corrected chi connectivity index (χ2v) is 5.06. The second kappa shape index (κ2) is 4.92. The zero-order chi connectivity index (χ0) is 11.7. The molecule has 0 aromatic heterocycles. The Morgan fingerprint density at radius 3 is 2.81 bits per heavy atom. The number of nitrogens with two attached hydrogens (primary N) is 1. The summed E-state index contributed by atoms with van der Waals surface area (Å²) in [6.07, 6.45) is 1.16. The van der Waals surface area contributed by atoms with Gasteiger partial charge >= 0.3 is 0 Å². The highest BCUT2D eigenvalue weighted by atomic mass is 35.5. The first-order valence-electron chi connectivity index (χ1n) is 5.41. The Morgan fingerprint density at radius 2 is 2.19 bits per heavy atom. The SMILES string of the molecule is CC1OCCC1C(N)c1cc(Cl)ccc1Cl. The molecule has 1 heterocycles. The maximum Gasteiger partial charge on any atom is 0.0594 e. The zero-order valence-electron chi connectivity index (χ0n) is 9.12. The van der Waals surface area contributed by atoms with Crippen LogP contribution < -0.4 is 5.73 Å². The lowest BCUT2D eigenvalue weighted by atomic mass is 9.89. The molecule has 0 bridgehead atoms. The van der Waals surface area contributed by atoms with Gasteiger partial charge in [0.2, 0.25) is 0 Å². The van der Waals surface area contributed by atoms with Crippen molar-refractivity contribution in [1.29, 1.82) is 0 Å². The van der Waals surface area contributed by atoms with Crippen LogP contribution in [0.4, 0.5) is 0 Å². The minimum absolute atomic E-state index is 0.108. The molecule has 1 fully saturated rings. The van der Waals surface area contributed by atoms with E-state index in [0.29, 0.717) is 16.0 Å². The molecule has 1 saturated heterocycles. The molecule has 1 aromatic rings. The van der Waals surface area contributed by atoms with Crippen LogP contribution in [0.3, 0.4) is 0 Å². The van der Waals surface area contributed by atoms with E-state index >= 15 is 0 Å². The molecule has 0 saturated carbocycles. The highest BCUT2D eigenvalue weighted by Crippen LogP contribution is 2.35. The van der Waals surface area contributed by atoms with Crippen molar-refractivity contribution in [3.63, 3.8) is 0 Å². The van der Waals surface area contributed by atoms with Crippen molar-refractivity contribution < 1.29 is 4.74 Å². The predicted octanol–water partition coefficient (Wildman–Crippen LogP) is 3.42. The zero-order valence-corrected chi connectivity index (χ0v) is 10.6. The van der Waals surface area contributed by atoms with Crippen LogP contribution in [-0.4, -0.2) is 12.7 Å². The average Bonchev–Trinajstić information content (AvgIpc) is 2.67. The summed E-state index contributed by atoms with van der Waals surface area (Å²) in [5.74, 6) is 0.316. The number of halogens is 2. The van der Waals surface area contributed by atoms with Gasteiger partial charge in [-0.1, -0.05) is 23.2 Å². The fourth-order valence-corrected chi connectivity index (χ4v) is 2.64. The van der Waals surface area contributed by atoms with Gasteiger partial charge < -0.3 is 10.5 Å². The van der Waals surface area contributed by atoms with Gasteiger partial charge in [-0.05, 0) is 37.1 Å². The van der Waals surface area contributed by atoms with Gasteiger partial charge in [-0.2, -0.15) is 0 Å². The van der Waals surface area contributed by atoms with E-state index in [1.807, 2.05) is 6.07 Å². The summed E-state index contributed by atoms with van der Waals surface area (Å²) in [5, 5.41) is 1.34. The normalized spacial score (nSPS) is 27.0. The van der Waals surface area contributed by atoms with Gasteiger partial charge in [-0.25, -0.2) is 0 Å². The van der Waals surface area contributed by atoms with Crippen LogP contribution in [0.1, 0.15) is 24.9 Å². The van der Waals surface area contributed by atoms with Gasteiger partial charge in [0.25, 0.3) is 0 Å². The molecule has 2 N–H and O–H groups in total. The third-order valence-corrected chi connectivity index (χ3v) is 3.79. The fraction of sp³-hybridized carbons (Fsp3) is 0.500. The molecule has 1 aliphatic rings. The first-order chi connectivity index (χ1) is 7.59. The molecule has 0 amide bonds. The van der Waals surface area contributed by atoms with Crippen LogP contribution in [0, 0.1) is 5.92 Å². The summed E-state index contributed by atoms with van der Waals surface area (Å²) < 4.78 is 5.52. The number of rotatable bonds is 2. The smallest absolute Gasteiger partial charge is 0.0594 e. The Morgan fingerprint density at radius 1 is 1.44 bits per heavy atom. The topological polar surface area (TPSA) is 35.2 Å². The summed E-state index contributed by atoms with van der Waals surface area (Å²) >= 11 is 12.1. The van der Waals surface area contributed by atoms with Crippen LogP contribution in [-0.2, 0) is 4.74 Å². The van der Waals surface area contributed by atoms with E-state index in [-0.39, 0.29) is 12.1 Å². The molecule has 2 rings (SSSR count). The van der Waals surface area contributed by atoms with Crippen molar-refractivity contribution in [2.45, 2.75) is 25.5 Å². The Kier molecular flexibility index (Phi) is 3.75. The highest BCUT2D eigenvalue weighted by molar-refractivity contribution is 6.33. The summed E-state index contributed by atoms with van der Waals surface area (Å²) in [6.45, 7) is 2.83. The number of hydrogen-bond donors (Lipinski definition) is 1. The molecule has 2 nitrogen and oxygen atoms in total. The molecule has 3 unspecified atom stereocenters. The Labute approximate surface area is 106 Å². The Bertz CT molecular complexity index is 383. The first kappa shape index (κ1) is 12.2. The number of ether oxygens (including phenoxy) is 1. The van der Waals surface area contributed by atoms with E-state index < -0.39 is 0 Å². The number of benzene rings is 1. The van der Waals surface area contributed by atoms with Crippen molar-refractivity contribution in [2.75, 3.05) is 6.61 Å². The minimum Gasteiger partial charge on any atom is -0.378 e. The summed E-state index contributed by atoms with van der Waals surface area (Å²) in [5.41, 5.74) is 7.15. The van der Waals surface area contributed by atoms with E-state index in [1.165, 1.54) is 0 Å². The lowest BCUT2D eigenvalue weighted by Gasteiger charge is -2.23. The standard InChI is InChI=1S/C12H15Cl2NO/c1-7-9(4-5-16-7)12(15)10-6-8(13)2-3-11(10)14/h2-3,6-7,9,12H,4-5,15H2,1H3. The monoisotopic (exact) mass is 259 g/mol. The largest absolute Gasteiger partial charge is 0.378 e. The minimum atomic E-state index is -0.108. The summed E-state index contributed by atoms with van der Waals surface area (Å²) in [7, 11) is 0. The van der Waals surface area contributed by atoms with Crippen molar-refractivity contribution in [3.05, 3.63) is 33.8 Å². The molecule has 3 atom stereocenters. The van der Waals surface area contributed by atoms with Gasteiger partial charge in [0.15, 0.2) is 0 Å². The fourth-order valence-electron chi connectivity index (χ4n) is 2.22. The van der Waals surface area contributed by atoms with E-state index in [4.69, 9.17) is 33.7 Å². The van der Waals surface area contributed by atoms with Gasteiger partial charge in [-0.3, -0.25) is 0 Å². The molecule has 0 spiro atoms. The van der Waals surface area contributed by atoms with Gasteiger partial charge in [0, 0.05) is 28.6 Å². The van der Waals surface area contributed by atoms with E-state index in [0.717, 1.165) is 18.6 Å². The van der Waals surface area contributed by atoms with Crippen LogP contribution in [0.15, 0.2) is 18.2 Å². The quantitative estimate of drug-likeness (QED) is 0.884. The van der Waals surface area contributed by atoms with E-state index in [2.05, 4.69) is 6.92 Å². The molecule has 0 radical (unpaired) electrons. The van der Waals surface area contributed by atoms with E-state index in [1.54, 1.807) is 12.1 Å². The Hall–Kier alpha value is -0.280. The lowest BCUT2D eigenvalue weighted by molar-refractivity contribution is 0.0995. The average molecular weight is 260 g/mol. The molecule has 16 heavy (non-hydrogen) atoms. The van der Waals surface area contributed by atoms with Crippen LogP contribution >= 0.6 is 23.2 Å². The van der Waals surface area contributed by atoms with Gasteiger partial charge in [-0.15, -0.1) is 0 Å². The third kappa shape index (κ3) is 2.35. The highest BCUT2D eigenvalue weighted by Gasteiger charge is 2.31. The molecule has 4 heteroatoms. The lowest BCUT2D eigenvalue weighted by Crippen LogP contribution is -2.26. The van der Waals surface area contributed by atoms with Crippen molar-refractivity contribution in [3.8, 4) is 0 Å². The molecular weight excluding hydrogens is 245 g/mol. The van der Waals surface area contributed by atoms with Crippen molar-refractivity contribution in [2.24, 2.45) is 11.7 Å². The molecule has 1 aliphatic heterocycles. The maximum atomic E-state index is 6.24. The number of hydrogen-bond acceptors (Lipinski definition) is 2. The van der Waals surface area contributed by atoms with E-state index in [9.17, 15) is 0 Å². The molecule has 88 valence electrons. The van der Waals surface area contributed by atoms with Crippen LogP contribution in [0.2, 0.25) is 10.0 Å². The molecule has 1 aromatic carbocycles. The van der Waals surface area contributed by atoms with Gasteiger partial charge in [0.05, 0.1) is 6.10 Å².